The molecule has 0 saturated carbocycles. The highest BCUT2D eigenvalue weighted by Crippen LogP contribution is 2.29. The van der Waals surface area contributed by atoms with E-state index in [1.807, 2.05) is 63.3 Å². The highest BCUT2D eigenvalue weighted by molar-refractivity contribution is 5.77. The Bertz CT molecular complexity index is 847. The Labute approximate surface area is 178 Å². The number of hydrogen-bond donors (Lipinski definition) is 1. The lowest BCUT2D eigenvalue weighted by Gasteiger charge is -2.13. The highest BCUT2D eigenvalue weighted by Gasteiger charge is 2.09. The summed E-state index contributed by atoms with van der Waals surface area (Å²) in [6, 6.07) is 11.4. The van der Waals surface area contributed by atoms with Crippen molar-refractivity contribution in [2.75, 3.05) is 33.5 Å². The lowest BCUT2D eigenvalue weighted by Crippen LogP contribution is -2.30. The van der Waals surface area contributed by atoms with Gasteiger partial charge in [0.2, 0.25) is 0 Å². The van der Waals surface area contributed by atoms with E-state index in [9.17, 15) is 4.79 Å². The average Bonchev–Trinajstić information content (AvgIpc) is 2.75. The molecule has 1 amide bonds. The van der Waals surface area contributed by atoms with Crippen LogP contribution in [0.4, 0.5) is 0 Å². The molecule has 0 aliphatic carbocycles. The summed E-state index contributed by atoms with van der Waals surface area (Å²) >= 11 is 0. The van der Waals surface area contributed by atoms with Gasteiger partial charge in [0.1, 0.15) is 0 Å². The van der Waals surface area contributed by atoms with Crippen LogP contribution < -0.4 is 24.3 Å². The minimum atomic E-state index is -0.189. The summed E-state index contributed by atoms with van der Waals surface area (Å²) in [6.07, 6.45) is 4.60. The molecule has 0 spiro atoms. The van der Waals surface area contributed by atoms with Gasteiger partial charge in [-0.05, 0) is 62.6 Å². The summed E-state index contributed by atoms with van der Waals surface area (Å²) in [6.45, 7) is 7.40. The van der Waals surface area contributed by atoms with Crippen molar-refractivity contribution in [3.63, 3.8) is 0 Å². The molecule has 0 saturated heterocycles. The molecule has 2 aromatic carbocycles. The monoisotopic (exact) mass is 413 g/mol. The van der Waals surface area contributed by atoms with Gasteiger partial charge in [0.25, 0.3) is 5.91 Å². The molecular weight excluding hydrogens is 382 g/mol. The zero-order valence-corrected chi connectivity index (χ0v) is 18.2. The highest BCUT2D eigenvalue weighted by atomic mass is 16.5. The fourth-order valence-electron chi connectivity index (χ4n) is 2.89. The largest absolute Gasteiger partial charge is 0.493 e. The van der Waals surface area contributed by atoms with Crippen LogP contribution in [0.5, 0.6) is 23.0 Å². The zero-order chi connectivity index (χ0) is 21.8. The molecule has 0 bridgehead atoms. The molecule has 2 rings (SSSR count). The first-order valence-corrected chi connectivity index (χ1v) is 10.2. The molecule has 2 aromatic rings. The Morgan fingerprint density at radius 1 is 0.933 bits per heavy atom. The maximum atomic E-state index is 12.2. The van der Waals surface area contributed by atoms with Crippen molar-refractivity contribution >= 4 is 12.0 Å². The smallest absolute Gasteiger partial charge is 0.257 e. The lowest BCUT2D eigenvalue weighted by atomic mass is 10.1. The van der Waals surface area contributed by atoms with Crippen LogP contribution in [0.1, 0.15) is 31.9 Å². The third kappa shape index (κ3) is 7.03. The molecule has 0 aliphatic heterocycles. The number of carbonyl (C=O) groups excluding carboxylic acids is 1. The SMILES string of the molecule is C/C=C/c1ccc(OCC(=O)NCCc2ccc(OCC)c(OCC)c2)c(OC)c1. The molecule has 30 heavy (non-hydrogen) atoms. The van der Waals surface area contributed by atoms with Crippen LogP contribution in [0.15, 0.2) is 42.5 Å². The van der Waals surface area contributed by atoms with E-state index in [2.05, 4.69) is 5.32 Å². The van der Waals surface area contributed by atoms with Crippen LogP contribution in [0.3, 0.4) is 0 Å². The van der Waals surface area contributed by atoms with Crippen molar-refractivity contribution in [2.45, 2.75) is 27.2 Å². The normalized spacial score (nSPS) is 10.7. The fraction of sp³-hybridized carbons (Fsp3) is 0.375. The minimum absolute atomic E-state index is 0.0766. The molecule has 6 nitrogen and oxygen atoms in total. The van der Waals surface area contributed by atoms with E-state index in [-0.39, 0.29) is 12.5 Å². The summed E-state index contributed by atoms with van der Waals surface area (Å²) in [4.78, 5) is 12.2. The number of benzene rings is 2. The molecule has 0 radical (unpaired) electrons. The van der Waals surface area contributed by atoms with Crippen LogP contribution >= 0.6 is 0 Å². The quantitative estimate of drug-likeness (QED) is 0.563. The molecule has 0 aliphatic rings. The summed E-state index contributed by atoms with van der Waals surface area (Å²) in [7, 11) is 1.58. The number of carbonyl (C=O) groups is 1. The van der Waals surface area contributed by atoms with E-state index >= 15 is 0 Å². The van der Waals surface area contributed by atoms with E-state index in [1.165, 1.54) is 0 Å². The van der Waals surface area contributed by atoms with Crippen molar-refractivity contribution in [1.29, 1.82) is 0 Å². The Hall–Kier alpha value is -3.15. The van der Waals surface area contributed by atoms with Crippen molar-refractivity contribution in [3.8, 4) is 23.0 Å². The fourth-order valence-corrected chi connectivity index (χ4v) is 2.89. The molecule has 0 heterocycles. The summed E-state index contributed by atoms with van der Waals surface area (Å²) in [5.74, 6) is 2.39. The number of rotatable bonds is 12. The van der Waals surface area contributed by atoms with Crippen LogP contribution in [0.2, 0.25) is 0 Å². The molecule has 162 valence electrons. The van der Waals surface area contributed by atoms with Crippen molar-refractivity contribution < 1.29 is 23.7 Å². The van der Waals surface area contributed by atoms with Gasteiger partial charge in [0, 0.05) is 6.54 Å². The van der Waals surface area contributed by atoms with E-state index in [1.54, 1.807) is 13.2 Å². The molecule has 1 N–H and O–H groups in total. The Balaban J connectivity index is 1.85. The summed E-state index contributed by atoms with van der Waals surface area (Å²) in [5, 5.41) is 2.87. The maximum Gasteiger partial charge on any atom is 0.257 e. The number of ether oxygens (including phenoxy) is 4. The number of hydrogen-bond acceptors (Lipinski definition) is 5. The third-order valence-electron chi connectivity index (χ3n) is 4.25. The number of amides is 1. The predicted octanol–water partition coefficient (Wildman–Crippen LogP) is 4.26. The molecule has 0 fully saturated rings. The second-order valence-electron chi connectivity index (χ2n) is 6.45. The molecule has 0 unspecified atom stereocenters. The van der Waals surface area contributed by atoms with Crippen LogP contribution in [-0.2, 0) is 11.2 Å². The average molecular weight is 414 g/mol. The molecule has 6 heteroatoms. The standard InChI is InChI=1S/C24H31NO5/c1-5-8-18-9-11-20(22(15-18)27-4)30-17-24(26)25-14-13-19-10-12-21(28-6-2)23(16-19)29-7-3/h5,8-12,15-16H,6-7,13-14,17H2,1-4H3,(H,25,26)/b8-5+. The van der Waals surface area contributed by atoms with E-state index in [0.717, 1.165) is 22.6 Å². The zero-order valence-electron chi connectivity index (χ0n) is 18.2. The van der Waals surface area contributed by atoms with E-state index in [0.29, 0.717) is 37.7 Å². The first kappa shape index (κ1) is 23.1. The first-order valence-electron chi connectivity index (χ1n) is 10.2. The number of nitrogens with one attached hydrogen (secondary N) is 1. The van der Waals surface area contributed by atoms with Crippen LogP contribution in [0, 0.1) is 0 Å². The third-order valence-corrected chi connectivity index (χ3v) is 4.25. The molecular formula is C24H31NO5. The van der Waals surface area contributed by atoms with Gasteiger partial charge in [-0.15, -0.1) is 0 Å². The van der Waals surface area contributed by atoms with E-state index in [4.69, 9.17) is 18.9 Å². The summed E-state index contributed by atoms with van der Waals surface area (Å²) in [5.41, 5.74) is 2.07. The Morgan fingerprint density at radius 3 is 2.33 bits per heavy atom. The van der Waals surface area contributed by atoms with Crippen molar-refractivity contribution in [3.05, 3.63) is 53.6 Å². The minimum Gasteiger partial charge on any atom is -0.493 e. The second-order valence-corrected chi connectivity index (χ2v) is 6.45. The van der Waals surface area contributed by atoms with Crippen LogP contribution in [-0.4, -0.2) is 39.4 Å². The van der Waals surface area contributed by atoms with Gasteiger partial charge >= 0.3 is 0 Å². The Morgan fingerprint density at radius 2 is 1.63 bits per heavy atom. The topological polar surface area (TPSA) is 66.0 Å². The number of methoxy groups -OCH3 is 1. The Kier molecular flexibility index (Phi) is 9.58. The van der Waals surface area contributed by atoms with Gasteiger partial charge in [-0.2, -0.15) is 0 Å². The van der Waals surface area contributed by atoms with Gasteiger partial charge in [-0.25, -0.2) is 0 Å². The maximum absolute atomic E-state index is 12.2. The van der Waals surface area contributed by atoms with Gasteiger partial charge in [0.05, 0.1) is 20.3 Å². The van der Waals surface area contributed by atoms with Crippen molar-refractivity contribution in [2.24, 2.45) is 0 Å². The lowest BCUT2D eigenvalue weighted by molar-refractivity contribution is -0.123. The van der Waals surface area contributed by atoms with Gasteiger partial charge < -0.3 is 24.3 Å². The van der Waals surface area contributed by atoms with Crippen molar-refractivity contribution in [1.82, 2.24) is 5.32 Å². The summed E-state index contributed by atoms with van der Waals surface area (Å²) < 4.78 is 22.2. The molecule has 0 atom stereocenters. The number of allylic oxidation sites excluding steroid dienone is 1. The van der Waals surface area contributed by atoms with E-state index < -0.39 is 0 Å². The first-order chi connectivity index (χ1) is 14.6. The predicted molar refractivity (Wildman–Crippen MR) is 119 cm³/mol. The second kappa shape index (κ2) is 12.4. The van der Waals surface area contributed by atoms with Gasteiger partial charge in [0.15, 0.2) is 29.6 Å². The molecule has 0 aromatic heterocycles. The van der Waals surface area contributed by atoms with Gasteiger partial charge in [-0.3, -0.25) is 4.79 Å². The van der Waals surface area contributed by atoms with Gasteiger partial charge in [-0.1, -0.05) is 24.3 Å². The van der Waals surface area contributed by atoms with Crippen LogP contribution in [0.25, 0.3) is 6.08 Å².